The lowest BCUT2D eigenvalue weighted by atomic mass is 10.2. The predicted molar refractivity (Wildman–Crippen MR) is 129 cm³/mol. The van der Waals surface area contributed by atoms with Gasteiger partial charge >= 0.3 is 0 Å². The summed E-state index contributed by atoms with van der Waals surface area (Å²) in [5.74, 6) is 0.620. The third-order valence-electron chi connectivity index (χ3n) is 3.83. The largest absolute Gasteiger partial charge is 0.357 e. The quantitative estimate of drug-likeness (QED) is 0.270. The molecule has 0 saturated heterocycles. The zero-order valence-electron chi connectivity index (χ0n) is 16.3. The molecule has 0 radical (unpaired) electrons. The van der Waals surface area contributed by atoms with Crippen molar-refractivity contribution in [3.63, 3.8) is 0 Å². The smallest absolute Gasteiger partial charge is 0.226 e. The number of anilines is 1. The van der Waals surface area contributed by atoms with Crippen molar-refractivity contribution in [2.24, 2.45) is 4.99 Å². The van der Waals surface area contributed by atoms with Crippen molar-refractivity contribution in [2.45, 2.75) is 33.6 Å². The summed E-state index contributed by atoms with van der Waals surface area (Å²) in [5, 5.41) is 13.1. The highest BCUT2D eigenvalue weighted by Gasteiger charge is 2.07. The molecule has 1 heterocycles. The number of hydrogen-bond acceptors (Lipinski definition) is 4. The highest BCUT2D eigenvalue weighted by Crippen LogP contribution is 2.22. The van der Waals surface area contributed by atoms with Gasteiger partial charge in [0.25, 0.3) is 0 Å². The number of nitrogens with zero attached hydrogens (tertiary/aromatic N) is 2. The number of aromatic nitrogens is 1. The zero-order valence-corrected chi connectivity index (χ0v) is 20.2. The van der Waals surface area contributed by atoms with Crippen LogP contribution in [0.4, 0.5) is 5.69 Å². The Morgan fingerprint density at radius 1 is 1.29 bits per heavy atom. The van der Waals surface area contributed by atoms with Gasteiger partial charge in [-0.1, -0.05) is 17.7 Å². The first-order valence-corrected chi connectivity index (χ1v) is 10.2. The zero-order chi connectivity index (χ0) is 19.6. The number of amides is 1. The van der Waals surface area contributed by atoms with Gasteiger partial charge in [0, 0.05) is 42.0 Å². The summed E-state index contributed by atoms with van der Waals surface area (Å²) < 4.78 is 0. The minimum Gasteiger partial charge on any atom is -0.357 e. The van der Waals surface area contributed by atoms with E-state index in [0.29, 0.717) is 23.9 Å². The van der Waals surface area contributed by atoms with Gasteiger partial charge in [0.2, 0.25) is 5.91 Å². The Labute approximate surface area is 192 Å². The van der Waals surface area contributed by atoms with Crippen LogP contribution in [0.3, 0.4) is 0 Å². The fourth-order valence-electron chi connectivity index (χ4n) is 2.40. The van der Waals surface area contributed by atoms with Crippen LogP contribution in [-0.4, -0.2) is 36.5 Å². The maximum Gasteiger partial charge on any atom is 0.226 e. The van der Waals surface area contributed by atoms with E-state index in [1.807, 2.05) is 32.9 Å². The van der Waals surface area contributed by atoms with Crippen molar-refractivity contribution < 1.29 is 4.79 Å². The molecular weight excluding hydrogens is 509 g/mol. The topological polar surface area (TPSA) is 78.4 Å². The lowest BCUT2D eigenvalue weighted by Gasteiger charge is -2.11. The minimum absolute atomic E-state index is 0. The molecule has 1 aromatic carbocycles. The van der Waals surface area contributed by atoms with Crippen LogP contribution >= 0.6 is 46.9 Å². The molecule has 0 unspecified atom stereocenters. The summed E-state index contributed by atoms with van der Waals surface area (Å²) in [6.07, 6.45) is 1.14. The van der Waals surface area contributed by atoms with Crippen LogP contribution in [0.25, 0.3) is 0 Å². The molecule has 2 aromatic rings. The van der Waals surface area contributed by atoms with E-state index < -0.39 is 0 Å². The van der Waals surface area contributed by atoms with Gasteiger partial charge in [-0.2, -0.15) is 0 Å². The molecule has 0 aliphatic heterocycles. The van der Waals surface area contributed by atoms with Crippen LogP contribution in [-0.2, 0) is 11.2 Å². The fraction of sp³-hybridized carbons (Fsp3) is 0.421. The Hall–Kier alpha value is -1.39. The molecule has 0 atom stereocenters. The molecule has 1 amide bonds. The number of carbonyl (C=O) groups excluding carboxylic acids is 1. The molecule has 6 nitrogen and oxygen atoms in total. The lowest BCUT2D eigenvalue weighted by Crippen LogP contribution is -2.38. The number of nitrogens with one attached hydrogen (secondary N) is 3. The maximum absolute atomic E-state index is 12.1. The van der Waals surface area contributed by atoms with Crippen LogP contribution in [0.15, 0.2) is 28.6 Å². The van der Waals surface area contributed by atoms with E-state index in [-0.39, 0.29) is 29.9 Å². The van der Waals surface area contributed by atoms with E-state index in [1.165, 1.54) is 0 Å². The number of benzene rings is 1. The highest BCUT2D eigenvalue weighted by molar-refractivity contribution is 14.0. The number of halogens is 2. The average Bonchev–Trinajstić information content (AvgIpc) is 3.04. The first-order valence-electron chi connectivity index (χ1n) is 8.97. The Kier molecular flexibility index (Phi) is 11.4. The number of rotatable bonds is 8. The van der Waals surface area contributed by atoms with Crippen molar-refractivity contribution in [2.75, 3.05) is 25.0 Å². The Morgan fingerprint density at radius 3 is 2.75 bits per heavy atom. The van der Waals surface area contributed by atoms with Gasteiger partial charge in [-0.15, -0.1) is 35.3 Å². The first kappa shape index (κ1) is 24.6. The highest BCUT2D eigenvalue weighted by atomic mass is 127. The van der Waals surface area contributed by atoms with E-state index in [9.17, 15) is 4.79 Å². The molecule has 3 N–H and O–H groups in total. The summed E-state index contributed by atoms with van der Waals surface area (Å²) in [5.41, 5.74) is 2.68. The second kappa shape index (κ2) is 12.9. The standard InChI is InChI=1S/C19H26ClN5OS.HI/c1-4-21-19(22-10-8-15-12-27-14(3)24-15)23-11-9-18(26)25-17-7-5-6-16(20)13(17)2;/h5-7,12H,4,8-11H2,1-3H3,(H,25,26)(H2,21,22,23);1H. The van der Waals surface area contributed by atoms with Crippen LogP contribution in [0.1, 0.15) is 29.6 Å². The molecule has 0 fully saturated rings. The SMILES string of the molecule is CCNC(=NCCC(=O)Nc1cccc(Cl)c1C)NCCc1csc(C)n1.I. The first-order chi connectivity index (χ1) is 13.0. The summed E-state index contributed by atoms with van der Waals surface area (Å²) in [6, 6.07) is 5.46. The van der Waals surface area contributed by atoms with Crippen LogP contribution in [0, 0.1) is 13.8 Å². The predicted octanol–water partition coefficient (Wildman–Crippen LogP) is 4.16. The Bertz CT molecular complexity index is 796. The van der Waals surface area contributed by atoms with Gasteiger partial charge in [0.1, 0.15) is 0 Å². The number of thiazole rings is 1. The molecule has 0 aliphatic carbocycles. The molecule has 0 aliphatic rings. The van der Waals surface area contributed by atoms with Crippen molar-refractivity contribution in [1.82, 2.24) is 15.6 Å². The summed E-state index contributed by atoms with van der Waals surface area (Å²) in [4.78, 5) is 21.1. The Morgan fingerprint density at radius 2 is 2.07 bits per heavy atom. The molecule has 1 aromatic heterocycles. The van der Waals surface area contributed by atoms with E-state index in [4.69, 9.17) is 11.6 Å². The minimum atomic E-state index is -0.0853. The average molecular weight is 536 g/mol. The maximum atomic E-state index is 12.1. The molecule has 0 saturated carbocycles. The van der Waals surface area contributed by atoms with Gasteiger partial charge in [-0.05, 0) is 38.5 Å². The number of aliphatic imine (C=N–C) groups is 1. The van der Waals surface area contributed by atoms with Crippen molar-refractivity contribution in [3.05, 3.63) is 44.9 Å². The molecule has 2 rings (SSSR count). The van der Waals surface area contributed by atoms with Gasteiger partial charge in [0.15, 0.2) is 5.96 Å². The van der Waals surface area contributed by atoms with Crippen LogP contribution < -0.4 is 16.0 Å². The third-order valence-corrected chi connectivity index (χ3v) is 5.07. The molecule has 154 valence electrons. The number of carbonyl (C=O) groups is 1. The van der Waals surface area contributed by atoms with Crippen molar-refractivity contribution in [1.29, 1.82) is 0 Å². The number of guanidine groups is 1. The molecule has 0 bridgehead atoms. The second-order valence-electron chi connectivity index (χ2n) is 6.01. The molecule has 9 heteroatoms. The van der Waals surface area contributed by atoms with Crippen molar-refractivity contribution >= 4 is 64.5 Å². The molecular formula is C19H27ClIN5OS. The lowest BCUT2D eigenvalue weighted by molar-refractivity contribution is -0.116. The number of aryl methyl sites for hydroxylation is 1. The fourth-order valence-corrected chi connectivity index (χ4v) is 3.22. The number of hydrogen-bond donors (Lipinski definition) is 3. The third kappa shape index (κ3) is 8.32. The van der Waals surface area contributed by atoms with Crippen LogP contribution in [0.2, 0.25) is 5.02 Å². The normalized spacial score (nSPS) is 10.9. The molecule has 0 spiro atoms. The van der Waals surface area contributed by atoms with Crippen LogP contribution in [0.5, 0.6) is 0 Å². The van der Waals surface area contributed by atoms with E-state index in [0.717, 1.165) is 41.5 Å². The summed E-state index contributed by atoms with van der Waals surface area (Å²) >= 11 is 7.73. The van der Waals surface area contributed by atoms with Gasteiger partial charge in [-0.25, -0.2) is 4.98 Å². The summed E-state index contributed by atoms with van der Waals surface area (Å²) in [7, 11) is 0. The van der Waals surface area contributed by atoms with E-state index in [2.05, 4.69) is 31.3 Å². The summed E-state index contributed by atoms with van der Waals surface area (Å²) in [6.45, 7) is 7.79. The monoisotopic (exact) mass is 535 g/mol. The van der Waals surface area contributed by atoms with Gasteiger partial charge in [0.05, 0.1) is 17.2 Å². The Balaban J connectivity index is 0.00000392. The molecule has 28 heavy (non-hydrogen) atoms. The van der Waals surface area contributed by atoms with Gasteiger partial charge in [-0.3, -0.25) is 9.79 Å². The van der Waals surface area contributed by atoms with Crippen molar-refractivity contribution in [3.8, 4) is 0 Å². The second-order valence-corrected chi connectivity index (χ2v) is 7.48. The van der Waals surface area contributed by atoms with E-state index >= 15 is 0 Å². The van der Waals surface area contributed by atoms with Gasteiger partial charge < -0.3 is 16.0 Å². The van der Waals surface area contributed by atoms with E-state index in [1.54, 1.807) is 17.4 Å².